The lowest BCUT2D eigenvalue weighted by Gasteiger charge is -2.30. The molecule has 0 aliphatic carbocycles. The minimum Gasteiger partial charge on any atom is -0.458 e. The Balaban J connectivity index is 5.91. The van der Waals surface area contributed by atoms with Gasteiger partial charge in [0.2, 0.25) is 0 Å². The maximum atomic E-state index is 11.7. The molecule has 158 valence electrons. The summed E-state index contributed by atoms with van der Waals surface area (Å²) in [5, 5.41) is 8.95. The molecule has 29 heavy (non-hydrogen) atoms. The summed E-state index contributed by atoms with van der Waals surface area (Å²) in [6.45, 7) is 11.3. The Morgan fingerprint density at radius 2 is 1.03 bits per heavy atom. The molecule has 0 aliphatic rings. The van der Waals surface area contributed by atoms with Gasteiger partial charge in [-0.25, -0.2) is 24.0 Å². The van der Waals surface area contributed by atoms with Crippen LogP contribution in [0.3, 0.4) is 0 Å². The summed E-state index contributed by atoms with van der Waals surface area (Å²) in [4.78, 5) is 57.0. The van der Waals surface area contributed by atoms with Crippen molar-refractivity contribution < 1.29 is 52.8 Å². The van der Waals surface area contributed by atoms with Crippen LogP contribution >= 0.6 is 0 Å². The van der Waals surface area contributed by atoms with Gasteiger partial charge in [0.1, 0.15) is 13.2 Å². The zero-order chi connectivity index (χ0) is 22.4. The van der Waals surface area contributed by atoms with Crippen LogP contribution in [0, 0.1) is 0 Å². The molecule has 1 N–H and O–H groups in total. The number of hydrogen-bond donors (Lipinski definition) is 1. The SMILES string of the molecule is C=CC(=O)OCC(OC(=O)O)C(OC(=O)C=C)C(COC(=O)C=C)OC(=O)C=C. The van der Waals surface area contributed by atoms with Gasteiger partial charge in [0, 0.05) is 24.3 Å². The molecule has 0 bridgehead atoms. The molecule has 3 atom stereocenters. The summed E-state index contributed by atoms with van der Waals surface area (Å²) >= 11 is 0. The topological polar surface area (TPSA) is 152 Å². The lowest BCUT2D eigenvalue weighted by atomic mass is 10.1. The van der Waals surface area contributed by atoms with Crippen LogP contribution in [-0.2, 0) is 42.9 Å². The molecule has 0 radical (unpaired) electrons. The molecule has 11 heteroatoms. The standard InChI is InChI=1S/C18H20O11/c1-5-13(19)25-9-11(27-15(21)7-3)17(29-16(22)8-4)12(28-18(23)24)10-26-14(20)6-2/h5-8,11-12,17H,1-4,9-10H2,(H,23,24). The Morgan fingerprint density at radius 3 is 1.41 bits per heavy atom. The van der Waals surface area contributed by atoms with Crippen molar-refractivity contribution in [3.8, 4) is 0 Å². The van der Waals surface area contributed by atoms with Gasteiger partial charge in [0.25, 0.3) is 0 Å². The first kappa shape index (κ1) is 25.1. The molecule has 0 amide bonds. The largest absolute Gasteiger partial charge is 0.506 e. The van der Waals surface area contributed by atoms with Crippen molar-refractivity contribution in [1.29, 1.82) is 0 Å². The Morgan fingerprint density at radius 1 is 0.655 bits per heavy atom. The van der Waals surface area contributed by atoms with Gasteiger partial charge in [-0.2, -0.15) is 0 Å². The van der Waals surface area contributed by atoms with Crippen LogP contribution < -0.4 is 0 Å². The van der Waals surface area contributed by atoms with E-state index in [4.69, 9.17) is 24.1 Å². The highest BCUT2D eigenvalue weighted by molar-refractivity contribution is 5.83. The van der Waals surface area contributed by atoms with E-state index in [0.29, 0.717) is 0 Å². The van der Waals surface area contributed by atoms with Gasteiger partial charge in [-0.3, -0.25) is 0 Å². The van der Waals surface area contributed by atoms with Gasteiger partial charge in [-0.05, 0) is 0 Å². The van der Waals surface area contributed by atoms with E-state index in [1.807, 2.05) is 0 Å². The summed E-state index contributed by atoms with van der Waals surface area (Å²) in [6.07, 6.45) is -3.65. The van der Waals surface area contributed by atoms with E-state index in [2.05, 4.69) is 31.1 Å². The third-order valence-electron chi connectivity index (χ3n) is 2.95. The third kappa shape index (κ3) is 10.1. The first-order valence-corrected chi connectivity index (χ1v) is 7.82. The van der Waals surface area contributed by atoms with Crippen molar-refractivity contribution in [3.63, 3.8) is 0 Å². The normalized spacial score (nSPS) is 12.7. The Hall–Kier alpha value is -3.89. The van der Waals surface area contributed by atoms with E-state index in [1.165, 1.54) is 0 Å². The molecule has 3 unspecified atom stereocenters. The Labute approximate surface area is 165 Å². The third-order valence-corrected chi connectivity index (χ3v) is 2.95. The number of rotatable bonds is 13. The van der Waals surface area contributed by atoms with E-state index in [1.54, 1.807) is 0 Å². The predicted molar refractivity (Wildman–Crippen MR) is 95.4 cm³/mol. The molecular formula is C18H20O11. The van der Waals surface area contributed by atoms with E-state index in [-0.39, 0.29) is 0 Å². The molecule has 0 rings (SSSR count). The molecule has 0 aromatic rings. The van der Waals surface area contributed by atoms with Gasteiger partial charge in [-0.1, -0.05) is 26.3 Å². The average Bonchev–Trinajstić information content (AvgIpc) is 2.71. The second-order valence-corrected chi connectivity index (χ2v) is 4.88. The van der Waals surface area contributed by atoms with Crippen molar-refractivity contribution in [2.75, 3.05) is 13.2 Å². The number of hydrogen-bond acceptors (Lipinski definition) is 10. The molecule has 0 aromatic heterocycles. The number of esters is 4. The van der Waals surface area contributed by atoms with Gasteiger partial charge >= 0.3 is 30.0 Å². The van der Waals surface area contributed by atoms with E-state index < -0.39 is 61.6 Å². The fourth-order valence-corrected chi connectivity index (χ4v) is 1.74. The summed E-state index contributed by atoms with van der Waals surface area (Å²) in [5.74, 6) is -3.91. The van der Waals surface area contributed by atoms with Crippen molar-refractivity contribution >= 4 is 30.0 Å². The highest BCUT2D eigenvalue weighted by Crippen LogP contribution is 2.16. The Kier molecular flexibility index (Phi) is 11.5. The minimum atomic E-state index is -1.82. The highest BCUT2D eigenvalue weighted by Gasteiger charge is 2.39. The van der Waals surface area contributed by atoms with E-state index >= 15 is 0 Å². The van der Waals surface area contributed by atoms with Gasteiger partial charge in [0.15, 0.2) is 18.3 Å². The predicted octanol–water partition coefficient (Wildman–Crippen LogP) is 0.704. The maximum absolute atomic E-state index is 11.7. The molecule has 0 saturated carbocycles. The molecule has 0 spiro atoms. The lowest BCUT2D eigenvalue weighted by molar-refractivity contribution is -0.183. The fraction of sp³-hybridized carbons (Fsp3) is 0.278. The first-order chi connectivity index (χ1) is 13.7. The zero-order valence-corrected chi connectivity index (χ0v) is 15.3. The minimum absolute atomic E-state index is 0.686. The van der Waals surface area contributed by atoms with E-state index in [0.717, 1.165) is 24.3 Å². The number of carboxylic acid groups (broad SMARTS) is 1. The molecule has 11 nitrogen and oxygen atoms in total. The summed E-state index contributed by atoms with van der Waals surface area (Å²) in [5.41, 5.74) is 0. The van der Waals surface area contributed by atoms with E-state index in [9.17, 15) is 24.0 Å². The van der Waals surface area contributed by atoms with Crippen LogP contribution in [0.15, 0.2) is 50.6 Å². The summed E-state index contributed by atoms with van der Waals surface area (Å²) in [7, 11) is 0. The monoisotopic (exact) mass is 412 g/mol. The molecule has 0 saturated heterocycles. The molecule has 0 aliphatic heterocycles. The van der Waals surface area contributed by atoms with Crippen molar-refractivity contribution in [2.45, 2.75) is 18.3 Å². The second kappa shape index (κ2) is 13.3. The van der Waals surface area contributed by atoms with Crippen LogP contribution in [0.1, 0.15) is 0 Å². The molecule has 0 aromatic carbocycles. The van der Waals surface area contributed by atoms with Crippen LogP contribution in [0.2, 0.25) is 0 Å². The van der Waals surface area contributed by atoms with Gasteiger partial charge in [0.05, 0.1) is 0 Å². The average molecular weight is 412 g/mol. The molecular weight excluding hydrogens is 392 g/mol. The van der Waals surface area contributed by atoms with Crippen molar-refractivity contribution in [1.82, 2.24) is 0 Å². The van der Waals surface area contributed by atoms with Crippen LogP contribution in [0.4, 0.5) is 4.79 Å². The van der Waals surface area contributed by atoms with Gasteiger partial charge in [-0.15, -0.1) is 0 Å². The fourth-order valence-electron chi connectivity index (χ4n) is 1.74. The smallest absolute Gasteiger partial charge is 0.458 e. The molecule has 0 heterocycles. The lowest BCUT2D eigenvalue weighted by Crippen LogP contribution is -2.49. The van der Waals surface area contributed by atoms with Crippen LogP contribution in [0.25, 0.3) is 0 Å². The van der Waals surface area contributed by atoms with Crippen molar-refractivity contribution in [2.24, 2.45) is 0 Å². The summed E-state index contributed by atoms with van der Waals surface area (Å²) < 4.78 is 24.1. The van der Waals surface area contributed by atoms with Crippen LogP contribution in [0.5, 0.6) is 0 Å². The highest BCUT2D eigenvalue weighted by atomic mass is 16.7. The zero-order valence-electron chi connectivity index (χ0n) is 15.3. The number of ether oxygens (including phenoxy) is 5. The number of carbonyl (C=O) groups is 5. The maximum Gasteiger partial charge on any atom is 0.506 e. The Bertz CT molecular complexity index is 679. The van der Waals surface area contributed by atoms with Crippen molar-refractivity contribution in [3.05, 3.63) is 50.6 Å². The van der Waals surface area contributed by atoms with Crippen LogP contribution in [-0.4, -0.2) is 66.7 Å². The summed E-state index contributed by atoms with van der Waals surface area (Å²) in [6, 6.07) is 0. The molecule has 0 fully saturated rings. The van der Waals surface area contributed by atoms with Gasteiger partial charge < -0.3 is 28.8 Å². The quantitative estimate of drug-likeness (QED) is 0.258. The second-order valence-electron chi connectivity index (χ2n) is 4.88. The number of carbonyl (C=O) groups excluding carboxylic acids is 4. The first-order valence-electron chi connectivity index (χ1n) is 7.82.